The molecule has 20 heavy (non-hydrogen) atoms. The molecule has 5 heteroatoms. The molecule has 0 spiro atoms. The normalized spacial score (nSPS) is 18.9. The molecule has 4 rings (SSSR count). The van der Waals surface area contributed by atoms with Crippen LogP contribution >= 0.6 is 15.9 Å². The highest BCUT2D eigenvalue weighted by Crippen LogP contribution is 2.48. The first kappa shape index (κ1) is 12.8. The summed E-state index contributed by atoms with van der Waals surface area (Å²) in [6.45, 7) is 0.596. The SMILES string of the molecule is Fc1cc(Br)c2c(C3CC3)c(CNC3CC3)oc2c1F. The van der Waals surface area contributed by atoms with E-state index >= 15 is 0 Å². The van der Waals surface area contributed by atoms with Crippen molar-refractivity contribution in [2.45, 2.75) is 44.2 Å². The summed E-state index contributed by atoms with van der Waals surface area (Å²) < 4.78 is 33.7. The molecule has 0 saturated heterocycles. The molecule has 2 fully saturated rings. The molecule has 0 radical (unpaired) electrons. The Morgan fingerprint density at radius 2 is 2.00 bits per heavy atom. The van der Waals surface area contributed by atoms with Gasteiger partial charge in [-0.1, -0.05) is 0 Å². The monoisotopic (exact) mass is 341 g/mol. The van der Waals surface area contributed by atoms with Crippen molar-refractivity contribution in [1.82, 2.24) is 5.32 Å². The Morgan fingerprint density at radius 3 is 2.65 bits per heavy atom. The maximum Gasteiger partial charge on any atom is 0.201 e. The van der Waals surface area contributed by atoms with Crippen LogP contribution in [0.1, 0.15) is 42.9 Å². The number of hydrogen-bond donors (Lipinski definition) is 1. The van der Waals surface area contributed by atoms with Crippen LogP contribution in [0.5, 0.6) is 0 Å². The van der Waals surface area contributed by atoms with Gasteiger partial charge in [0.1, 0.15) is 5.76 Å². The van der Waals surface area contributed by atoms with Gasteiger partial charge in [0.2, 0.25) is 5.82 Å². The third kappa shape index (κ3) is 2.07. The molecule has 0 aliphatic heterocycles. The van der Waals surface area contributed by atoms with Gasteiger partial charge in [-0.05, 0) is 53.6 Å². The molecule has 2 aliphatic carbocycles. The highest BCUT2D eigenvalue weighted by Gasteiger charge is 2.34. The second kappa shape index (κ2) is 4.53. The zero-order valence-corrected chi connectivity index (χ0v) is 12.4. The predicted molar refractivity (Wildman–Crippen MR) is 75.7 cm³/mol. The minimum atomic E-state index is -0.886. The van der Waals surface area contributed by atoms with Crippen molar-refractivity contribution in [3.05, 3.63) is 33.5 Å². The van der Waals surface area contributed by atoms with E-state index in [9.17, 15) is 8.78 Å². The Kier molecular flexibility index (Phi) is 2.89. The lowest BCUT2D eigenvalue weighted by Gasteiger charge is -2.03. The van der Waals surface area contributed by atoms with Crippen molar-refractivity contribution >= 4 is 26.9 Å². The quantitative estimate of drug-likeness (QED) is 0.822. The predicted octanol–water partition coefficient (Wildman–Crippen LogP) is 4.60. The molecular formula is C15H14BrF2NO. The third-order valence-electron chi connectivity index (χ3n) is 4.04. The summed E-state index contributed by atoms with van der Waals surface area (Å²) in [7, 11) is 0. The molecule has 0 unspecified atom stereocenters. The fraction of sp³-hybridized carbons (Fsp3) is 0.467. The Morgan fingerprint density at radius 1 is 1.25 bits per heavy atom. The summed E-state index contributed by atoms with van der Waals surface area (Å²) in [5.74, 6) is -0.571. The second-order valence-corrected chi connectivity index (χ2v) is 6.58. The van der Waals surface area contributed by atoms with Crippen molar-refractivity contribution in [3.63, 3.8) is 0 Å². The van der Waals surface area contributed by atoms with Gasteiger partial charge in [0, 0.05) is 21.5 Å². The van der Waals surface area contributed by atoms with E-state index in [2.05, 4.69) is 21.2 Å². The van der Waals surface area contributed by atoms with Crippen LogP contribution in [0, 0.1) is 11.6 Å². The summed E-state index contributed by atoms with van der Waals surface area (Å²) in [5.41, 5.74) is 1.10. The summed E-state index contributed by atoms with van der Waals surface area (Å²) in [5, 5.41) is 4.09. The number of furan rings is 1. The van der Waals surface area contributed by atoms with Crippen molar-refractivity contribution in [3.8, 4) is 0 Å². The zero-order valence-electron chi connectivity index (χ0n) is 10.8. The molecular weight excluding hydrogens is 328 g/mol. The number of fused-ring (bicyclic) bond motifs is 1. The van der Waals surface area contributed by atoms with E-state index in [-0.39, 0.29) is 5.58 Å². The zero-order chi connectivity index (χ0) is 13.9. The van der Waals surface area contributed by atoms with E-state index in [1.54, 1.807) is 0 Å². The van der Waals surface area contributed by atoms with Crippen molar-refractivity contribution < 1.29 is 13.2 Å². The summed E-state index contributed by atoms with van der Waals surface area (Å²) in [4.78, 5) is 0. The lowest BCUT2D eigenvalue weighted by Crippen LogP contribution is -2.15. The largest absolute Gasteiger partial charge is 0.456 e. The molecule has 1 N–H and O–H groups in total. The van der Waals surface area contributed by atoms with Crippen LogP contribution in [-0.4, -0.2) is 6.04 Å². The Bertz CT molecular complexity index is 689. The Labute approximate surface area is 123 Å². The van der Waals surface area contributed by atoms with Crippen molar-refractivity contribution in [1.29, 1.82) is 0 Å². The van der Waals surface area contributed by atoms with E-state index in [1.807, 2.05) is 0 Å². The smallest absolute Gasteiger partial charge is 0.201 e. The fourth-order valence-electron chi connectivity index (χ4n) is 2.70. The number of nitrogens with one attached hydrogen (secondary N) is 1. The van der Waals surface area contributed by atoms with Gasteiger partial charge >= 0.3 is 0 Å². The standard InChI is InChI=1S/C15H14BrF2NO/c16-9-5-10(17)14(18)15-13(9)12(7-1-2-7)11(20-15)6-19-8-3-4-8/h5,7-8,19H,1-4,6H2. The molecule has 1 heterocycles. The van der Waals surface area contributed by atoms with Gasteiger partial charge in [0.15, 0.2) is 11.4 Å². The lowest BCUT2D eigenvalue weighted by atomic mass is 10.1. The van der Waals surface area contributed by atoms with E-state index in [0.717, 1.165) is 24.2 Å². The number of hydrogen-bond acceptors (Lipinski definition) is 2. The van der Waals surface area contributed by atoms with E-state index in [4.69, 9.17) is 4.42 Å². The first-order valence-corrected chi connectivity index (χ1v) is 7.76. The molecule has 2 nitrogen and oxygen atoms in total. The molecule has 2 saturated carbocycles. The highest BCUT2D eigenvalue weighted by atomic mass is 79.9. The van der Waals surface area contributed by atoms with Crippen LogP contribution < -0.4 is 5.32 Å². The average molecular weight is 342 g/mol. The van der Waals surface area contributed by atoms with Crippen LogP contribution in [0.15, 0.2) is 15.0 Å². The van der Waals surface area contributed by atoms with Gasteiger partial charge in [0.25, 0.3) is 0 Å². The summed E-state index contributed by atoms with van der Waals surface area (Å²) in [6, 6.07) is 1.75. The molecule has 0 bridgehead atoms. The van der Waals surface area contributed by atoms with Gasteiger partial charge in [-0.25, -0.2) is 4.39 Å². The van der Waals surface area contributed by atoms with Crippen molar-refractivity contribution in [2.24, 2.45) is 0 Å². The van der Waals surface area contributed by atoms with Gasteiger partial charge in [-0.3, -0.25) is 0 Å². The minimum absolute atomic E-state index is 0.0476. The minimum Gasteiger partial charge on any atom is -0.456 e. The van der Waals surface area contributed by atoms with E-state index in [1.165, 1.54) is 18.9 Å². The first-order chi connectivity index (χ1) is 9.65. The molecule has 0 amide bonds. The molecule has 1 aromatic heterocycles. The average Bonchev–Trinajstić information content (AvgIpc) is 3.32. The van der Waals surface area contributed by atoms with Crippen molar-refractivity contribution in [2.75, 3.05) is 0 Å². The number of halogens is 3. The van der Waals surface area contributed by atoms with Crippen LogP contribution in [-0.2, 0) is 6.54 Å². The topological polar surface area (TPSA) is 25.2 Å². The molecule has 2 aromatic rings. The van der Waals surface area contributed by atoms with Crippen LogP contribution in [0.3, 0.4) is 0 Å². The lowest BCUT2D eigenvalue weighted by molar-refractivity contribution is 0.465. The molecule has 106 valence electrons. The fourth-order valence-corrected chi connectivity index (χ4v) is 3.29. The molecule has 0 atom stereocenters. The van der Waals surface area contributed by atoms with Crippen LogP contribution in [0.25, 0.3) is 11.0 Å². The first-order valence-electron chi connectivity index (χ1n) is 6.97. The molecule has 2 aliphatic rings. The third-order valence-corrected chi connectivity index (χ3v) is 4.66. The maximum absolute atomic E-state index is 14.0. The second-order valence-electron chi connectivity index (χ2n) is 5.73. The Hall–Kier alpha value is -0.940. The summed E-state index contributed by atoms with van der Waals surface area (Å²) in [6.07, 6.45) is 4.56. The number of benzene rings is 1. The molecule has 1 aromatic carbocycles. The Balaban J connectivity index is 1.86. The van der Waals surface area contributed by atoms with E-state index in [0.29, 0.717) is 28.4 Å². The van der Waals surface area contributed by atoms with Crippen LogP contribution in [0.2, 0.25) is 0 Å². The summed E-state index contributed by atoms with van der Waals surface area (Å²) >= 11 is 3.35. The van der Waals surface area contributed by atoms with E-state index < -0.39 is 11.6 Å². The van der Waals surface area contributed by atoms with Gasteiger partial charge in [-0.15, -0.1) is 0 Å². The van der Waals surface area contributed by atoms with Gasteiger partial charge in [-0.2, -0.15) is 4.39 Å². The van der Waals surface area contributed by atoms with Crippen LogP contribution in [0.4, 0.5) is 8.78 Å². The maximum atomic E-state index is 14.0. The van der Waals surface area contributed by atoms with Gasteiger partial charge in [0.05, 0.1) is 6.54 Å². The highest BCUT2D eigenvalue weighted by molar-refractivity contribution is 9.10. The van der Waals surface area contributed by atoms with Gasteiger partial charge < -0.3 is 9.73 Å². The number of rotatable bonds is 4.